The van der Waals surface area contributed by atoms with E-state index in [4.69, 9.17) is 0 Å². The van der Waals surface area contributed by atoms with Crippen LogP contribution in [0.15, 0.2) is 24.8 Å². The molecule has 0 atom stereocenters. The number of hydrogen-bond acceptors (Lipinski definition) is 1. The van der Waals surface area contributed by atoms with Gasteiger partial charge in [0.15, 0.2) is 5.78 Å². The Morgan fingerprint density at radius 1 is 1.58 bits per heavy atom. The van der Waals surface area contributed by atoms with Gasteiger partial charge in [0.25, 0.3) is 0 Å². The first-order chi connectivity index (χ1) is 5.66. The summed E-state index contributed by atoms with van der Waals surface area (Å²) in [6.07, 6.45) is 1.47. The first-order valence-corrected chi connectivity index (χ1v) is 3.58. The van der Waals surface area contributed by atoms with E-state index in [1.54, 1.807) is 12.1 Å². The number of carbonyl (C=O) groups excluding carboxylic acids is 1. The van der Waals surface area contributed by atoms with Crippen LogP contribution in [0.25, 0.3) is 6.08 Å². The monoisotopic (exact) mass is 164 g/mol. The number of ketones is 1. The first kappa shape index (κ1) is 8.65. The van der Waals surface area contributed by atoms with Gasteiger partial charge in [-0.1, -0.05) is 24.8 Å². The summed E-state index contributed by atoms with van der Waals surface area (Å²) in [5.74, 6) is -0.761. The molecule has 2 heteroatoms. The number of halogens is 1. The van der Waals surface area contributed by atoms with E-state index < -0.39 is 5.82 Å². The second-order valence-corrected chi connectivity index (χ2v) is 2.46. The zero-order valence-electron chi connectivity index (χ0n) is 6.80. The van der Waals surface area contributed by atoms with E-state index in [-0.39, 0.29) is 11.3 Å². The van der Waals surface area contributed by atoms with Gasteiger partial charge in [0.05, 0.1) is 5.56 Å². The molecule has 0 fully saturated rings. The fourth-order valence-electron chi connectivity index (χ4n) is 1.08. The number of benzene rings is 1. The van der Waals surface area contributed by atoms with Crippen molar-refractivity contribution in [3.63, 3.8) is 0 Å². The molecule has 0 aliphatic rings. The second-order valence-electron chi connectivity index (χ2n) is 2.46. The number of Topliss-reactive ketones (excluding diaryl/α,β-unsaturated/α-hetero) is 1. The molecule has 1 nitrogen and oxygen atoms in total. The van der Waals surface area contributed by atoms with Crippen molar-refractivity contribution in [1.29, 1.82) is 0 Å². The maximum Gasteiger partial charge on any atom is 0.163 e. The summed E-state index contributed by atoms with van der Waals surface area (Å²) in [6.45, 7) is 4.83. The fraction of sp³-hybridized carbons (Fsp3) is 0.100. The first-order valence-electron chi connectivity index (χ1n) is 3.58. The molecular formula is C10H9FO. The van der Waals surface area contributed by atoms with E-state index in [0.717, 1.165) is 0 Å². The highest BCUT2D eigenvalue weighted by atomic mass is 19.1. The molecule has 0 saturated carbocycles. The van der Waals surface area contributed by atoms with Gasteiger partial charge in [0.1, 0.15) is 5.82 Å². The van der Waals surface area contributed by atoms with E-state index in [9.17, 15) is 9.18 Å². The van der Waals surface area contributed by atoms with Gasteiger partial charge < -0.3 is 0 Å². The lowest BCUT2D eigenvalue weighted by molar-refractivity contribution is 0.101. The van der Waals surface area contributed by atoms with Crippen LogP contribution in [0.2, 0.25) is 0 Å². The van der Waals surface area contributed by atoms with Gasteiger partial charge in [-0.15, -0.1) is 0 Å². The molecule has 0 spiro atoms. The summed E-state index contributed by atoms with van der Waals surface area (Å²) in [7, 11) is 0. The minimum atomic E-state index is -0.486. The molecule has 0 unspecified atom stereocenters. The molecule has 0 radical (unpaired) electrons. The topological polar surface area (TPSA) is 17.1 Å². The normalized spacial score (nSPS) is 9.50. The van der Waals surface area contributed by atoms with Crippen molar-refractivity contribution < 1.29 is 9.18 Å². The van der Waals surface area contributed by atoms with Crippen LogP contribution in [-0.4, -0.2) is 5.78 Å². The molecule has 1 aromatic carbocycles. The molecule has 0 aliphatic carbocycles. The number of hydrogen-bond donors (Lipinski definition) is 0. The highest BCUT2D eigenvalue weighted by Gasteiger charge is 2.09. The van der Waals surface area contributed by atoms with Crippen LogP contribution in [0.3, 0.4) is 0 Å². The highest BCUT2D eigenvalue weighted by Crippen LogP contribution is 2.14. The summed E-state index contributed by atoms with van der Waals surface area (Å²) in [4.78, 5) is 11.0. The second kappa shape index (κ2) is 3.30. The smallest absolute Gasteiger partial charge is 0.163 e. The molecule has 0 aromatic heterocycles. The third-order valence-corrected chi connectivity index (χ3v) is 1.62. The minimum Gasteiger partial charge on any atom is -0.294 e. The third-order valence-electron chi connectivity index (χ3n) is 1.62. The summed E-state index contributed by atoms with van der Waals surface area (Å²) in [5, 5.41) is 0. The Bertz CT molecular complexity index is 329. The fourth-order valence-corrected chi connectivity index (χ4v) is 1.08. The Balaban J connectivity index is 3.39. The maximum atomic E-state index is 13.0. The highest BCUT2D eigenvalue weighted by molar-refractivity contribution is 5.97. The molecule has 62 valence electrons. The van der Waals surface area contributed by atoms with Gasteiger partial charge in [-0.05, 0) is 18.6 Å². The molecular weight excluding hydrogens is 155 g/mol. The Morgan fingerprint density at radius 3 is 2.67 bits per heavy atom. The molecule has 0 N–H and O–H groups in total. The van der Waals surface area contributed by atoms with E-state index in [1.807, 2.05) is 0 Å². The molecule has 1 rings (SSSR count). The van der Waals surface area contributed by atoms with Crippen molar-refractivity contribution >= 4 is 11.9 Å². The molecule has 0 saturated heterocycles. The van der Waals surface area contributed by atoms with E-state index in [0.29, 0.717) is 5.56 Å². The summed E-state index contributed by atoms with van der Waals surface area (Å²) < 4.78 is 13.0. The maximum absolute atomic E-state index is 13.0. The number of carbonyl (C=O) groups is 1. The van der Waals surface area contributed by atoms with Crippen molar-refractivity contribution in [2.75, 3.05) is 0 Å². The van der Waals surface area contributed by atoms with Crippen LogP contribution in [0.5, 0.6) is 0 Å². The molecule has 0 bridgehead atoms. The van der Waals surface area contributed by atoms with E-state index >= 15 is 0 Å². The molecule has 0 amide bonds. The average Bonchev–Trinajstić information content (AvgIpc) is 2.03. The lowest BCUT2D eigenvalue weighted by atomic mass is 10.0. The Hall–Kier alpha value is -1.44. The molecule has 12 heavy (non-hydrogen) atoms. The lowest BCUT2D eigenvalue weighted by Gasteiger charge is -2.01. The van der Waals surface area contributed by atoms with Gasteiger partial charge in [-0.3, -0.25) is 4.79 Å². The van der Waals surface area contributed by atoms with Crippen LogP contribution in [0.1, 0.15) is 22.8 Å². The van der Waals surface area contributed by atoms with Crippen LogP contribution < -0.4 is 0 Å². The zero-order chi connectivity index (χ0) is 9.14. The quantitative estimate of drug-likeness (QED) is 0.614. The zero-order valence-corrected chi connectivity index (χ0v) is 6.80. The SMILES string of the molecule is C=Cc1cccc(F)c1C(C)=O. The van der Waals surface area contributed by atoms with Crippen molar-refractivity contribution in [3.8, 4) is 0 Å². The van der Waals surface area contributed by atoms with Crippen LogP contribution in [0.4, 0.5) is 4.39 Å². The Kier molecular flexibility index (Phi) is 2.38. The van der Waals surface area contributed by atoms with Gasteiger partial charge in [0, 0.05) is 0 Å². The van der Waals surface area contributed by atoms with E-state index in [1.165, 1.54) is 19.1 Å². The van der Waals surface area contributed by atoms with Crippen molar-refractivity contribution in [3.05, 3.63) is 41.7 Å². The van der Waals surface area contributed by atoms with Crippen molar-refractivity contribution in [1.82, 2.24) is 0 Å². The van der Waals surface area contributed by atoms with Gasteiger partial charge in [0.2, 0.25) is 0 Å². The standard InChI is InChI=1S/C10H9FO/c1-3-8-5-4-6-9(11)10(8)7(2)12/h3-6H,1H2,2H3. The van der Waals surface area contributed by atoms with Crippen LogP contribution in [-0.2, 0) is 0 Å². The van der Waals surface area contributed by atoms with Gasteiger partial charge in [-0.2, -0.15) is 0 Å². The van der Waals surface area contributed by atoms with E-state index in [2.05, 4.69) is 6.58 Å². The van der Waals surface area contributed by atoms with Gasteiger partial charge in [-0.25, -0.2) is 4.39 Å². The van der Waals surface area contributed by atoms with Crippen molar-refractivity contribution in [2.45, 2.75) is 6.92 Å². The molecule has 0 heterocycles. The predicted octanol–water partition coefficient (Wildman–Crippen LogP) is 2.67. The summed E-state index contributed by atoms with van der Waals surface area (Å²) in [6, 6.07) is 4.48. The third kappa shape index (κ3) is 1.42. The Labute approximate surface area is 70.5 Å². The van der Waals surface area contributed by atoms with Crippen molar-refractivity contribution in [2.24, 2.45) is 0 Å². The largest absolute Gasteiger partial charge is 0.294 e. The summed E-state index contributed by atoms with van der Waals surface area (Å²) in [5.41, 5.74) is 0.662. The average molecular weight is 164 g/mol. The number of rotatable bonds is 2. The van der Waals surface area contributed by atoms with Gasteiger partial charge >= 0.3 is 0 Å². The predicted molar refractivity (Wildman–Crippen MR) is 46.5 cm³/mol. The summed E-state index contributed by atoms with van der Waals surface area (Å²) >= 11 is 0. The van der Waals surface area contributed by atoms with Crippen LogP contribution in [0, 0.1) is 5.82 Å². The van der Waals surface area contributed by atoms with Crippen LogP contribution >= 0.6 is 0 Å². The Morgan fingerprint density at radius 2 is 2.25 bits per heavy atom. The minimum absolute atomic E-state index is 0.118. The lowest BCUT2D eigenvalue weighted by Crippen LogP contribution is -1.99. The molecule has 0 aliphatic heterocycles. The molecule has 1 aromatic rings.